The zero-order valence-corrected chi connectivity index (χ0v) is 49.3. The minimum atomic E-state index is -4.09. The lowest BCUT2D eigenvalue weighted by molar-refractivity contribution is 0.0964. The third-order valence-corrected chi connectivity index (χ3v) is 23.3. The smallest absolute Gasteiger partial charge is 0.264 e. The third kappa shape index (κ3) is 14.2. The quantitative estimate of drug-likeness (QED) is 0.0680. The second-order valence-electron chi connectivity index (χ2n) is 19.0. The van der Waals surface area contributed by atoms with E-state index in [1.807, 2.05) is 0 Å². The van der Waals surface area contributed by atoms with Crippen molar-refractivity contribution in [1.29, 1.82) is 0 Å². The summed E-state index contributed by atoms with van der Waals surface area (Å²) in [4.78, 5) is 24.5. The van der Waals surface area contributed by atoms with Crippen molar-refractivity contribution in [2.45, 2.75) is 109 Å². The number of aromatic nitrogens is 2. The molecule has 0 bridgehead atoms. The molecule has 3 N–H and O–H groups in total. The highest BCUT2D eigenvalue weighted by molar-refractivity contribution is 7.99. The van der Waals surface area contributed by atoms with Crippen molar-refractivity contribution in [3.05, 3.63) is 141 Å². The van der Waals surface area contributed by atoms with Crippen molar-refractivity contribution < 1.29 is 43.6 Å². The molecule has 1 unspecified atom stereocenters. The number of carbonyl (C=O) groups is 1. The molecule has 1 atom stereocenters. The fourth-order valence-electron chi connectivity index (χ4n) is 8.73. The first-order chi connectivity index (χ1) is 37.1. The fraction of sp³-hybridized carbons (Fsp3) is 0.327. The molecule has 0 radical (unpaired) electrons. The van der Waals surface area contributed by atoms with Gasteiger partial charge in [0.05, 0.1) is 25.9 Å². The Morgan fingerprint density at radius 3 is 1.40 bits per heavy atom. The summed E-state index contributed by atoms with van der Waals surface area (Å²) in [5.74, 6) is -0.0903. The zero-order valence-electron chi connectivity index (χ0n) is 41.4. The Kier molecular flexibility index (Phi) is 18.5. The van der Waals surface area contributed by atoms with Gasteiger partial charge in [-0.15, -0.1) is 0 Å². The molecule has 0 amide bonds. The van der Waals surface area contributed by atoms with E-state index in [-0.39, 0.29) is 58.9 Å². The van der Waals surface area contributed by atoms with Crippen molar-refractivity contribution in [2.75, 3.05) is 35.6 Å². The van der Waals surface area contributed by atoms with Gasteiger partial charge in [-0.2, -0.15) is 8.61 Å². The highest BCUT2D eigenvalue weighted by Crippen LogP contribution is 2.46. The Hall–Kier alpha value is -4.01. The maximum Gasteiger partial charge on any atom is 0.264 e. The minimum absolute atomic E-state index is 0.0164. The first kappa shape index (κ1) is 58.6. The molecule has 16 nitrogen and oxygen atoms in total. The van der Waals surface area contributed by atoms with Crippen molar-refractivity contribution in [1.82, 2.24) is 18.6 Å². The molecule has 4 aromatic carbocycles. The van der Waals surface area contributed by atoms with Crippen LogP contribution in [-0.2, 0) is 40.1 Å². The highest BCUT2D eigenvalue weighted by atomic mass is 35.5. The predicted octanol–water partition coefficient (Wildman–Crippen LogP) is 12.1. The summed E-state index contributed by atoms with van der Waals surface area (Å²) < 4.78 is 112. The van der Waals surface area contributed by atoms with E-state index in [1.165, 1.54) is 93.1 Å². The van der Waals surface area contributed by atoms with E-state index in [0.29, 0.717) is 57.1 Å². The number of aliphatic hydroxyl groups excluding tert-OH is 1. The molecule has 2 saturated carbocycles. The van der Waals surface area contributed by atoms with Gasteiger partial charge < -0.3 is 5.11 Å². The molecular weight excluding hydrogens is 1200 g/mol. The van der Waals surface area contributed by atoms with Crippen LogP contribution in [0.15, 0.2) is 149 Å². The van der Waals surface area contributed by atoms with Crippen molar-refractivity contribution in [3.8, 4) is 0 Å². The van der Waals surface area contributed by atoms with Gasteiger partial charge in [0.1, 0.15) is 21.4 Å². The van der Waals surface area contributed by atoms with Crippen LogP contribution in [0.2, 0.25) is 20.1 Å². The van der Waals surface area contributed by atoms with Crippen LogP contribution in [0, 0.1) is 11.8 Å². The molecule has 2 aliphatic carbocycles. The number of benzene rings is 4. The van der Waals surface area contributed by atoms with Crippen LogP contribution in [0.1, 0.15) is 86.2 Å². The summed E-state index contributed by atoms with van der Waals surface area (Å²) in [5, 5.41) is 11.5. The molecular formula is C52H52Cl4N6O10S6. The minimum Gasteiger partial charge on any atom is -0.388 e. The number of piperidine rings is 2. The summed E-state index contributed by atoms with van der Waals surface area (Å²) in [5.41, 5.74) is 0.893. The number of pyridine rings is 2. The van der Waals surface area contributed by atoms with Crippen LogP contribution in [-0.4, -0.2) is 89.3 Å². The van der Waals surface area contributed by atoms with Gasteiger partial charge in [-0.05, 0) is 160 Å². The number of rotatable bonds is 18. The lowest BCUT2D eigenvalue weighted by atomic mass is 10.1. The van der Waals surface area contributed by atoms with Crippen molar-refractivity contribution >= 4 is 127 Å². The Morgan fingerprint density at radius 1 is 0.551 bits per heavy atom. The summed E-state index contributed by atoms with van der Waals surface area (Å²) in [6.45, 7) is 2.12. The number of sulfonamides is 4. The van der Waals surface area contributed by atoms with Gasteiger partial charge in [-0.25, -0.2) is 43.6 Å². The average Bonchev–Trinajstić information content (AvgIpc) is 4.39. The summed E-state index contributed by atoms with van der Waals surface area (Å²) >= 11 is 26.6. The van der Waals surface area contributed by atoms with E-state index >= 15 is 0 Å². The van der Waals surface area contributed by atoms with Crippen LogP contribution in [0.3, 0.4) is 0 Å². The zero-order chi connectivity index (χ0) is 55.6. The lowest BCUT2D eigenvalue weighted by Crippen LogP contribution is -2.35. The molecule has 414 valence electrons. The van der Waals surface area contributed by atoms with Gasteiger partial charge in [0, 0.05) is 79.7 Å². The molecule has 26 heteroatoms. The lowest BCUT2D eigenvalue weighted by Gasteiger charge is -2.25. The molecule has 10 rings (SSSR count). The predicted molar refractivity (Wildman–Crippen MR) is 304 cm³/mol. The molecule has 78 heavy (non-hydrogen) atoms. The van der Waals surface area contributed by atoms with E-state index < -0.39 is 46.2 Å². The molecule has 4 aliphatic rings. The first-order valence-corrected chi connectivity index (χ1v) is 33.8. The first-order valence-electron chi connectivity index (χ1n) is 24.8. The molecule has 0 spiro atoms. The summed E-state index contributed by atoms with van der Waals surface area (Å²) in [6, 6.07) is 24.3. The normalized spacial score (nSPS) is 17.1. The molecule has 2 aliphatic heterocycles. The Bertz CT molecular complexity index is 3680. The highest BCUT2D eigenvalue weighted by Gasteiger charge is 2.35. The Morgan fingerprint density at radius 2 is 0.974 bits per heavy atom. The second-order valence-corrected chi connectivity index (χ2v) is 30.1. The van der Waals surface area contributed by atoms with Crippen LogP contribution in [0.4, 0.5) is 11.6 Å². The maximum absolute atomic E-state index is 13.1. The summed E-state index contributed by atoms with van der Waals surface area (Å²) in [7, 11) is -15.2. The standard InChI is InChI=1S/C26H27Cl2N3O5S3.C26H25Cl2N3O5S3/c2*27-18-6-11-24(22(28)14-18)38(33,34)30-25-15-21(26(32)17-4-5-17)23(16-29-25)37-19-7-9-20(10-8-19)39(35,36)31-12-2-1-3-13-31/h6-11,14-17,26,32H,1-5,12-13H2,(H,29,30);6-11,14-17H,1-5,12-13H2,(H,29,30). The molecule has 2 aromatic heterocycles. The van der Waals surface area contributed by atoms with E-state index in [1.54, 1.807) is 48.5 Å². The number of ketones is 1. The van der Waals surface area contributed by atoms with Gasteiger partial charge in [0.2, 0.25) is 20.0 Å². The van der Waals surface area contributed by atoms with Gasteiger partial charge >= 0.3 is 0 Å². The Labute approximate surface area is 483 Å². The third-order valence-electron chi connectivity index (χ3n) is 13.2. The topological polar surface area (TPSA) is 230 Å². The van der Waals surface area contributed by atoms with Crippen LogP contribution >= 0.6 is 69.9 Å². The number of anilines is 2. The number of aliphatic hydroxyl groups is 1. The Balaban J connectivity index is 0.000000190. The van der Waals surface area contributed by atoms with E-state index in [0.717, 1.165) is 74.0 Å². The molecule has 6 aromatic rings. The number of Topliss-reactive ketones (excluding diaryl/α,β-unsaturated/α-hetero) is 1. The van der Waals surface area contributed by atoms with Crippen LogP contribution in [0.5, 0.6) is 0 Å². The van der Waals surface area contributed by atoms with Crippen molar-refractivity contribution in [3.63, 3.8) is 0 Å². The number of hydrogen-bond acceptors (Lipinski definition) is 14. The second kappa shape index (κ2) is 24.6. The van der Waals surface area contributed by atoms with Gasteiger partial charge in [0.15, 0.2) is 5.78 Å². The average molecular weight is 1260 g/mol. The fourth-order valence-corrected chi connectivity index (χ4v) is 17.1. The molecule has 2 saturated heterocycles. The van der Waals surface area contributed by atoms with Crippen molar-refractivity contribution in [2.24, 2.45) is 11.8 Å². The maximum atomic E-state index is 13.1. The van der Waals surface area contributed by atoms with E-state index in [2.05, 4.69) is 19.4 Å². The van der Waals surface area contributed by atoms with Crippen LogP contribution in [0.25, 0.3) is 0 Å². The SMILES string of the molecule is O=C(c1cc(NS(=O)(=O)c2ccc(Cl)cc2Cl)ncc1Sc1ccc(S(=O)(=O)N2CCCCC2)cc1)C1CC1.O=S(=O)(Nc1cc(C(O)C2CC2)c(Sc2ccc(S(=O)(=O)N3CCCCC3)cc2)cn1)c1ccc(Cl)cc1Cl. The largest absolute Gasteiger partial charge is 0.388 e. The number of nitrogens with one attached hydrogen (secondary N) is 2. The van der Waals surface area contributed by atoms with E-state index in [4.69, 9.17) is 46.4 Å². The number of halogens is 4. The monoisotopic (exact) mass is 1250 g/mol. The number of hydrogen-bond donors (Lipinski definition) is 3. The number of carbonyl (C=O) groups excluding carboxylic acids is 1. The molecule has 4 heterocycles. The number of nitrogens with zero attached hydrogens (tertiary/aromatic N) is 4. The summed E-state index contributed by atoms with van der Waals surface area (Å²) in [6.07, 6.45) is 11.0. The van der Waals surface area contributed by atoms with Crippen LogP contribution < -0.4 is 9.44 Å². The van der Waals surface area contributed by atoms with Gasteiger partial charge in [-0.3, -0.25) is 14.2 Å². The molecule has 4 fully saturated rings. The van der Waals surface area contributed by atoms with Gasteiger partial charge in [0.25, 0.3) is 20.0 Å². The van der Waals surface area contributed by atoms with E-state index in [9.17, 15) is 43.6 Å². The van der Waals surface area contributed by atoms with Gasteiger partial charge in [-0.1, -0.05) is 82.8 Å².